The van der Waals surface area contributed by atoms with E-state index in [1.807, 2.05) is 41.8 Å². The van der Waals surface area contributed by atoms with E-state index in [1.165, 1.54) is 11.3 Å². The van der Waals surface area contributed by atoms with Crippen molar-refractivity contribution in [3.05, 3.63) is 64.8 Å². The molecule has 0 aliphatic carbocycles. The fourth-order valence-corrected chi connectivity index (χ4v) is 3.77. The van der Waals surface area contributed by atoms with Crippen molar-refractivity contribution in [3.8, 4) is 11.3 Å². The molecule has 0 fully saturated rings. The molecule has 0 unspecified atom stereocenters. The number of thioether (sulfide) groups is 1. The molecule has 2 aromatic heterocycles. The van der Waals surface area contributed by atoms with Gasteiger partial charge >= 0.3 is 0 Å². The second-order valence-electron chi connectivity index (χ2n) is 4.91. The quantitative estimate of drug-likeness (QED) is 0.676. The van der Waals surface area contributed by atoms with Gasteiger partial charge in [-0.1, -0.05) is 29.8 Å². The van der Waals surface area contributed by atoms with Crippen LogP contribution in [0.4, 0.5) is 5.13 Å². The molecule has 0 radical (unpaired) electrons. The predicted molar refractivity (Wildman–Crippen MR) is 102 cm³/mol. The summed E-state index contributed by atoms with van der Waals surface area (Å²) in [7, 11) is 0. The molecular formula is C17H14ClN3OS2. The van der Waals surface area contributed by atoms with Crippen molar-refractivity contribution in [3.63, 3.8) is 0 Å². The fraction of sp³-hybridized carbons (Fsp3) is 0.118. The lowest BCUT2D eigenvalue weighted by Crippen LogP contribution is -2.13. The van der Waals surface area contributed by atoms with Gasteiger partial charge < -0.3 is 5.32 Å². The Labute approximate surface area is 153 Å². The minimum absolute atomic E-state index is 0.0610. The molecule has 0 spiro atoms. The molecular weight excluding hydrogens is 362 g/mol. The molecule has 0 saturated carbocycles. The summed E-state index contributed by atoms with van der Waals surface area (Å²) in [4.78, 5) is 20.4. The lowest BCUT2D eigenvalue weighted by atomic mass is 10.2. The molecule has 24 heavy (non-hydrogen) atoms. The fourth-order valence-electron chi connectivity index (χ4n) is 2.02. The number of aromatic nitrogens is 2. The van der Waals surface area contributed by atoms with Crippen LogP contribution < -0.4 is 5.32 Å². The summed E-state index contributed by atoms with van der Waals surface area (Å²) < 4.78 is 0. The highest BCUT2D eigenvalue weighted by Gasteiger charge is 2.10. The van der Waals surface area contributed by atoms with E-state index in [2.05, 4.69) is 15.3 Å². The Morgan fingerprint density at radius 2 is 2.00 bits per heavy atom. The van der Waals surface area contributed by atoms with Crippen LogP contribution in [0.2, 0.25) is 5.02 Å². The summed E-state index contributed by atoms with van der Waals surface area (Å²) in [6, 6.07) is 11.4. The van der Waals surface area contributed by atoms with E-state index in [4.69, 9.17) is 11.6 Å². The van der Waals surface area contributed by atoms with Crippen molar-refractivity contribution in [2.45, 2.75) is 5.75 Å². The number of amides is 1. The van der Waals surface area contributed by atoms with Crippen molar-refractivity contribution < 1.29 is 4.79 Å². The van der Waals surface area contributed by atoms with Gasteiger partial charge in [-0.2, -0.15) is 0 Å². The van der Waals surface area contributed by atoms with Crippen LogP contribution in [0.1, 0.15) is 5.56 Å². The molecule has 3 rings (SSSR count). The van der Waals surface area contributed by atoms with E-state index in [-0.39, 0.29) is 5.91 Å². The molecule has 1 aromatic carbocycles. The molecule has 122 valence electrons. The summed E-state index contributed by atoms with van der Waals surface area (Å²) in [6.07, 6.45) is 3.50. The zero-order valence-corrected chi connectivity index (χ0v) is 15.0. The number of rotatable bonds is 6. The van der Waals surface area contributed by atoms with Crippen LogP contribution in [0.5, 0.6) is 0 Å². The predicted octanol–water partition coefficient (Wildman–Crippen LogP) is 4.73. The van der Waals surface area contributed by atoms with E-state index in [0.717, 1.165) is 22.6 Å². The smallest absolute Gasteiger partial charge is 0.236 e. The maximum atomic E-state index is 12.0. The van der Waals surface area contributed by atoms with Crippen LogP contribution in [0.3, 0.4) is 0 Å². The Morgan fingerprint density at radius 3 is 2.79 bits per heavy atom. The number of thiazole rings is 1. The number of anilines is 1. The lowest BCUT2D eigenvalue weighted by molar-refractivity contribution is -0.113. The Hall–Kier alpha value is -1.89. The number of carbonyl (C=O) groups excluding carboxylic acids is 1. The summed E-state index contributed by atoms with van der Waals surface area (Å²) in [5, 5.41) is 5.95. The second kappa shape index (κ2) is 8.28. The third-order valence-electron chi connectivity index (χ3n) is 3.15. The number of halogens is 1. The summed E-state index contributed by atoms with van der Waals surface area (Å²) >= 11 is 9.12. The van der Waals surface area contributed by atoms with E-state index in [0.29, 0.717) is 15.9 Å². The topological polar surface area (TPSA) is 54.9 Å². The van der Waals surface area contributed by atoms with Gasteiger partial charge in [0.1, 0.15) is 0 Å². The molecule has 0 saturated heterocycles. The Kier molecular flexibility index (Phi) is 5.85. The highest BCUT2D eigenvalue weighted by molar-refractivity contribution is 7.99. The average molecular weight is 376 g/mol. The molecule has 4 nitrogen and oxygen atoms in total. The third kappa shape index (κ3) is 4.56. The van der Waals surface area contributed by atoms with E-state index in [1.54, 1.807) is 24.2 Å². The van der Waals surface area contributed by atoms with Gasteiger partial charge in [0.05, 0.1) is 11.4 Å². The van der Waals surface area contributed by atoms with Gasteiger partial charge in [-0.3, -0.25) is 9.78 Å². The highest BCUT2D eigenvalue weighted by atomic mass is 35.5. The number of nitrogens with zero attached hydrogens (tertiary/aromatic N) is 2. The van der Waals surface area contributed by atoms with Crippen LogP contribution in [0.15, 0.2) is 54.2 Å². The van der Waals surface area contributed by atoms with Crippen molar-refractivity contribution in [1.82, 2.24) is 9.97 Å². The van der Waals surface area contributed by atoms with Gasteiger partial charge in [-0.25, -0.2) is 4.98 Å². The number of nitrogens with one attached hydrogen (secondary N) is 1. The normalized spacial score (nSPS) is 10.5. The largest absolute Gasteiger partial charge is 0.301 e. The Morgan fingerprint density at radius 1 is 1.21 bits per heavy atom. The first-order chi connectivity index (χ1) is 11.7. The number of carbonyl (C=O) groups is 1. The van der Waals surface area contributed by atoms with Crippen molar-refractivity contribution in [2.75, 3.05) is 11.1 Å². The van der Waals surface area contributed by atoms with Gasteiger partial charge in [0.2, 0.25) is 5.91 Å². The van der Waals surface area contributed by atoms with Gasteiger partial charge in [-0.05, 0) is 23.8 Å². The van der Waals surface area contributed by atoms with Crippen LogP contribution in [0, 0.1) is 0 Å². The second-order valence-corrected chi connectivity index (χ2v) is 7.17. The minimum Gasteiger partial charge on any atom is -0.301 e. The Balaban J connectivity index is 1.53. The molecule has 7 heteroatoms. The maximum Gasteiger partial charge on any atom is 0.236 e. The van der Waals surface area contributed by atoms with Gasteiger partial charge in [0, 0.05) is 34.1 Å². The van der Waals surface area contributed by atoms with Crippen LogP contribution >= 0.6 is 34.7 Å². The number of hydrogen-bond donors (Lipinski definition) is 1. The molecule has 3 aromatic rings. The van der Waals surface area contributed by atoms with Crippen LogP contribution in [0.25, 0.3) is 11.3 Å². The van der Waals surface area contributed by atoms with E-state index in [9.17, 15) is 4.79 Å². The minimum atomic E-state index is -0.0610. The molecule has 0 aliphatic heterocycles. The maximum absolute atomic E-state index is 12.0. The summed E-state index contributed by atoms with van der Waals surface area (Å²) in [5.74, 6) is 1.09. The summed E-state index contributed by atoms with van der Waals surface area (Å²) in [5.41, 5.74) is 2.78. The molecule has 0 atom stereocenters. The highest BCUT2D eigenvalue weighted by Crippen LogP contribution is 2.30. The zero-order valence-electron chi connectivity index (χ0n) is 12.6. The number of benzene rings is 1. The van der Waals surface area contributed by atoms with E-state index < -0.39 is 0 Å². The van der Waals surface area contributed by atoms with Crippen LogP contribution in [-0.2, 0) is 10.5 Å². The first-order valence-electron chi connectivity index (χ1n) is 7.19. The first-order valence-corrected chi connectivity index (χ1v) is 9.60. The monoisotopic (exact) mass is 375 g/mol. The van der Waals surface area contributed by atoms with E-state index >= 15 is 0 Å². The molecule has 2 heterocycles. The zero-order chi connectivity index (χ0) is 16.8. The number of pyridine rings is 1. The van der Waals surface area contributed by atoms with Crippen molar-refractivity contribution in [1.29, 1.82) is 0 Å². The Bertz CT molecular complexity index is 823. The first kappa shape index (κ1) is 17.0. The van der Waals surface area contributed by atoms with Gasteiger partial charge in [0.25, 0.3) is 0 Å². The number of hydrogen-bond acceptors (Lipinski definition) is 5. The van der Waals surface area contributed by atoms with Crippen molar-refractivity contribution >= 4 is 45.7 Å². The molecule has 1 amide bonds. The lowest BCUT2D eigenvalue weighted by Gasteiger charge is -2.02. The SMILES string of the molecule is O=C(CSCc1ccncc1)Nc1nc(-c2ccccc2Cl)cs1. The molecule has 1 N–H and O–H groups in total. The van der Waals surface area contributed by atoms with Gasteiger partial charge in [-0.15, -0.1) is 23.1 Å². The molecule has 0 aliphatic rings. The van der Waals surface area contributed by atoms with Crippen molar-refractivity contribution in [2.24, 2.45) is 0 Å². The van der Waals surface area contributed by atoms with Crippen LogP contribution in [-0.4, -0.2) is 21.6 Å². The molecule has 0 bridgehead atoms. The average Bonchev–Trinajstić information content (AvgIpc) is 3.04. The van der Waals surface area contributed by atoms with Gasteiger partial charge in [0.15, 0.2) is 5.13 Å². The third-order valence-corrected chi connectivity index (χ3v) is 5.24. The summed E-state index contributed by atoms with van der Waals surface area (Å²) in [6.45, 7) is 0. The standard InChI is InChI=1S/C17H14ClN3OS2/c18-14-4-2-1-3-13(14)15-10-24-17(20-15)21-16(22)11-23-9-12-5-7-19-8-6-12/h1-8,10H,9,11H2,(H,20,21,22).